The third kappa shape index (κ3) is 7.38. The van der Waals surface area contributed by atoms with Crippen LogP contribution in [0.3, 0.4) is 0 Å². The molecule has 3 amide bonds. The van der Waals surface area contributed by atoms with Crippen LogP contribution in [-0.2, 0) is 19.2 Å². The van der Waals surface area contributed by atoms with Gasteiger partial charge in [0.2, 0.25) is 17.7 Å². The summed E-state index contributed by atoms with van der Waals surface area (Å²) in [5.41, 5.74) is 10.7. The first-order chi connectivity index (χ1) is 11.0. The Bertz CT molecular complexity index is 480. The lowest BCUT2D eigenvalue weighted by molar-refractivity contribution is -0.145. The maximum absolute atomic E-state index is 12.2. The van der Waals surface area contributed by atoms with Gasteiger partial charge in [0.25, 0.3) is 0 Å². The minimum atomic E-state index is -1.55. The number of nitrogens with one attached hydrogen (secondary N) is 2. The molecule has 0 bridgehead atoms. The lowest BCUT2D eigenvalue weighted by Gasteiger charge is -2.24. The fraction of sp³-hybridized carbons (Fsp3) is 0.714. The van der Waals surface area contributed by atoms with Crippen LogP contribution in [-0.4, -0.2) is 58.1 Å². The largest absolute Gasteiger partial charge is 0.480 e. The molecule has 0 aliphatic rings. The SMILES string of the molecule is CC(C)C(N)C(=O)NC(CCC(N)=O)C(=O)NC(C(=O)O)C(C)O. The Balaban J connectivity index is 5.10. The van der Waals surface area contributed by atoms with E-state index >= 15 is 0 Å². The van der Waals surface area contributed by atoms with Crippen molar-refractivity contribution in [2.24, 2.45) is 17.4 Å². The predicted molar refractivity (Wildman–Crippen MR) is 84.4 cm³/mol. The molecule has 0 saturated carbocycles. The van der Waals surface area contributed by atoms with Gasteiger partial charge in [-0.15, -0.1) is 0 Å². The minimum absolute atomic E-state index is 0.121. The zero-order chi connectivity index (χ0) is 19.0. The van der Waals surface area contributed by atoms with E-state index in [1.807, 2.05) is 0 Å². The van der Waals surface area contributed by atoms with E-state index in [-0.39, 0.29) is 18.8 Å². The van der Waals surface area contributed by atoms with Crippen molar-refractivity contribution >= 4 is 23.7 Å². The summed E-state index contributed by atoms with van der Waals surface area (Å²) in [6, 6.07) is -3.62. The normalized spacial score (nSPS) is 15.9. The molecule has 0 aliphatic heterocycles. The van der Waals surface area contributed by atoms with E-state index in [2.05, 4.69) is 10.6 Å². The second-order valence-corrected chi connectivity index (χ2v) is 5.90. The fourth-order valence-electron chi connectivity index (χ4n) is 1.77. The number of primary amides is 1. The lowest BCUT2D eigenvalue weighted by atomic mass is 10.0. The molecule has 138 valence electrons. The molecule has 0 aliphatic carbocycles. The average molecular weight is 346 g/mol. The van der Waals surface area contributed by atoms with Gasteiger partial charge in [-0.2, -0.15) is 0 Å². The lowest BCUT2D eigenvalue weighted by Crippen LogP contribution is -2.57. The van der Waals surface area contributed by atoms with Crippen molar-refractivity contribution in [3.8, 4) is 0 Å². The van der Waals surface area contributed by atoms with E-state index in [1.165, 1.54) is 6.92 Å². The standard InChI is InChI=1S/C14H26N4O6/c1-6(2)10(16)13(22)17-8(4-5-9(15)20)12(21)18-11(7(3)19)14(23)24/h6-8,10-11,19H,4-5,16H2,1-3H3,(H2,15,20)(H,17,22)(H,18,21)(H,23,24). The highest BCUT2D eigenvalue weighted by molar-refractivity contribution is 5.92. The van der Waals surface area contributed by atoms with Crippen LogP contribution in [0.4, 0.5) is 0 Å². The molecule has 8 N–H and O–H groups in total. The number of amides is 3. The molecule has 4 unspecified atom stereocenters. The Morgan fingerprint density at radius 3 is 1.96 bits per heavy atom. The number of carbonyl (C=O) groups is 4. The smallest absolute Gasteiger partial charge is 0.328 e. The second-order valence-electron chi connectivity index (χ2n) is 5.90. The molecule has 10 heteroatoms. The van der Waals surface area contributed by atoms with Gasteiger partial charge in [0.1, 0.15) is 6.04 Å². The van der Waals surface area contributed by atoms with Crippen molar-refractivity contribution in [2.45, 2.75) is 57.8 Å². The number of hydrogen-bond donors (Lipinski definition) is 6. The molecule has 0 aromatic rings. The number of nitrogens with two attached hydrogens (primary N) is 2. The van der Waals surface area contributed by atoms with Gasteiger partial charge in [-0.3, -0.25) is 14.4 Å². The maximum atomic E-state index is 12.2. The molecular weight excluding hydrogens is 320 g/mol. The van der Waals surface area contributed by atoms with Gasteiger partial charge in [-0.1, -0.05) is 13.8 Å². The molecule has 0 aromatic carbocycles. The molecule has 0 fully saturated rings. The highest BCUT2D eigenvalue weighted by Crippen LogP contribution is 2.04. The first-order valence-electron chi connectivity index (χ1n) is 7.52. The summed E-state index contributed by atoms with van der Waals surface area (Å²) in [5.74, 6) is -3.76. The van der Waals surface area contributed by atoms with Crippen LogP contribution in [0.15, 0.2) is 0 Å². The number of rotatable bonds is 10. The van der Waals surface area contributed by atoms with Gasteiger partial charge in [-0.25, -0.2) is 4.79 Å². The van der Waals surface area contributed by atoms with Gasteiger partial charge in [0.15, 0.2) is 6.04 Å². The predicted octanol–water partition coefficient (Wildman–Crippen LogP) is -2.33. The Morgan fingerprint density at radius 1 is 1.04 bits per heavy atom. The zero-order valence-corrected chi connectivity index (χ0v) is 14.0. The Labute approximate surface area is 139 Å². The van der Waals surface area contributed by atoms with Crippen molar-refractivity contribution in [1.82, 2.24) is 10.6 Å². The molecule has 0 aromatic heterocycles. The first kappa shape index (κ1) is 21.8. The molecule has 0 radical (unpaired) electrons. The number of aliphatic carboxylic acids is 1. The van der Waals surface area contributed by atoms with Crippen LogP contribution >= 0.6 is 0 Å². The van der Waals surface area contributed by atoms with Crippen LogP contribution in [0, 0.1) is 5.92 Å². The number of carboxylic acids is 1. The summed E-state index contributed by atoms with van der Waals surface area (Å²) in [5, 5.41) is 22.9. The van der Waals surface area contributed by atoms with Crippen LogP contribution in [0.5, 0.6) is 0 Å². The van der Waals surface area contributed by atoms with Gasteiger partial charge in [0, 0.05) is 6.42 Å². The third-order valence-corrected chi connectivity index (χ3v) is 3.38. The molecule has 0 spiro atoms. The number of aliphatic hydroxyl groups is 1. The average Bonchev–Trinajstić information content (AvgIpc) is 2.46. The highest BCUT2D eigenvalue weighted by Gasteiger charge is 2.30. The number of hydrogen-bond acceptors (Lipinski definition) is 6. The van der Waals surface area contributed by atoms with Crippen molar-refractivity contribution < 1.29 is 29.4 Å². The van der Waals surface area contributed by atoms with Gasteiger partial charge in [0.05, 0.1) is 12.1 Å². The minimum Gasteiger partial charge on any atom is -0.480 e. The number of carbonyl (C=O) groups excluding carboxylic acids is 3. The summed E-state index contributed by atoms with van der Waals surface area (Å²) in [6.45, 7) is 4.64. The van der Waals surface area contributed by atoms with E-state index < -0.39 is 47.9 Å². The molecule has 0 saturated heterocycles. The monoisotopic (exact) mass is 346 g/mol. The summed E-state index contributed by atoms with van der Waals surface area (Å²) in [7, 11) is 0. The van der Waals surface area contributed by atoms with E-state index in [1.54, 1.807) is 13.8 Å². The maximum Gasteiger partial charge on any atom is 0.328 e. The third-order valence-electron chi connectivity index (χ3n) is 3.38. The molecule has 24 heavy (non-hydrogen) atoms. The van der Waals surface area contributed by atoms with Crippen LogP contribution in [0.2, 0.25) is 0 Å². The molecule has 0 heterocycles. The first-order valence-corrected chi connectivity index (χ1v) is 7.52. The summed E-state index contributed by atoms with van der Waals surface area (Å²) in [4.78, 5) is 46.1. The molecule has 10 nitrogen and oxygen atoms in total. The zero-order valence-electron chi connectivity index (χ0n) is 14.0. The number of aliphatic hydroxyl groups excluding tert-OH is 1. The fourth-order valence-corrected chi connectivity index (χ4v) is 1.77. The topological polar surface area (TPSA) is 185 Å². The van der Waals surface area contributed by atoms with Crippen molar-refractivity contribution in [3.05, 3.63) is 0 Å². The highest BCUT2D eigenvalue weighted by atomic mass is 16.4. The Morgan fingerprint density at radius 2 is 1.58 bits per heavy atom. The van der Waals surface area contributed by atoms with Crippen LogP contribution in [0.1, 0.15) is 33.6 Å². The van der Waals surface area contributed by atoms with E-state index in [4.69, 9.17) is 16.6 Å². The van der Waals surface area contributed by atoms with Crippen molar-refractivity contribution in [2.75, 3.05) is 0 Å². The van der Waals surface area contributed by atoms with Gasteiger partial charge in [-0.05, 0) is 19.3 Å². The van der Waals surface area contributed by atoms with Gasteiger partial charge >= 0.3 is 5.97 Å². The Kier molecular flexibility index (Phi) is 8.93. The van der Waals surface area contributed by atoms with Crippen molar-refractivity contribution in [1.29, 1.82) is 0 Å². The molecular formula is C14H26N4O6. The summed E-state index contributed by atoms with van der Waals surface area (Å²) >= 11 is 0. The van der Waals surface area contributed by atoms with E-state index in [0.717, 1.165) is 0 Å². The summed E-state index contributed by atoms with van der Waals surface area (Å²) < 4.78 is 0. The summed E-state index contributed by atoms with van der Waals surface area (Å²) in [6.07, 6.45) is -1.66. The van der Waals surface area contributed by atoms with Crippen LogP contribution in [0.25, 0.3) is 0 Å². The van der Waals surface area contributed by atoms with Gasteiger partial charge < -0.3 is 32.3 Å². The molecule has 0 rings (SSSR count). The second kappa shape index (κ2) is 9.83. The quantitative estimate of drug-likeness (QED) is 0.256. The molecule has 4 atom stereocenters. The van der Waals surface area contributed by atoms with Crippen molar-refractivity contribution in [3.63, 3.8) is 0 Å². The Hall–Kier alpha value is -2.20. The number of carboxylic acid groups (broad SMARTS) is 1. The van der Waals surface area contributed by atoms with E-state index in [9.17, 15) is 24.3 Å². The van der Waals surface area contributed by atoms with Crippen LogP contribution < -0.4 is 22.1 Å². The van der Waals surface area contributed by atoms with E-state index in [0.29, 0.717) is 0 Å².